The summed E-state index contributed by atoms with van der Waals surface area (Å²) in [6, 6.07) is 5.96. The molecule has 1 atom stereocenters. The zero-order chi connectivity index (χ0) is 15.4. The van der Waals surface area contributed by atoms with E-state index >= 15 is 0 Å². The third-order valence-corrected chi connectivity index (χ3v) is 10.6. The molecule has 1 fully saturated rings. The van der Waals surface area contributed by atoms with Gasteiger partial charge in [-0.25, -0.2) is 0 Å². The van der Waals surface area contributed by atoms with Gasteiger partial charge in [-0.1, -0.05) is 76.6 Å². The number of hydrogen-bond donors (Lipinski definition) is 0. The van der Waals surface area contributed by atoms with Gasteiger partial charge in [0.1, 0.15) is 0 Å². The van der Waals surface area contributed by atoms with Gasteiger partial charge in [-0.15, -0.1) is 6.58 Å². The average Bonchev–Trinajstić information content (AvgIpc) is 2.47. The Morgan fingerprint density at radius 3 is 2.57 bits per heavy atom. The first kappa shape index (κ1) is 18.7. The lowest BCUT2D eigenvalue weighted by Gasteiger charge is -2.36. The van der Waals surface area contributed by atoms with Gasteiger partial charge in [0.15, 0.2) is 0 Å². The molecule has 0 amide bonds. The van der Waals surface area contributed by atoms with Gasteiger partial charge in [-0.2, -0.15) is 0 Å². The molecule has 1 saturated heterocycles. The van der Waals surface area contributed by atoms with Crippen LogP contribution >= 0.6 is 0 Å². The first-order valence-corrected chi connectivity index (χ1v) is 12.1. The van der Waals surface area contributed by atoms with E-state index in [0.717, 1.165) is 12.5 Å². The monoisotopic (exact) mass is 307 g/mol. The molecule has 1 heterocycles. The zero-order valence-corrected chi connectivity index (χ0v) is 15.6. The quantitative estimate of drug-likeness (QED) is 0.179. The smallest absolute Gasteiger partial charge is 0.0576 e. The summed E-state index contributed by atoms with van der Waals surface area (Å²) in [7, 11) is -1.01. The summed E-state index contributed by atoms with van der Waals surface area (Å²) in [6.45, 7) is 9.77. The number of hydrogen-bond acceptors (Lipinski definition) is 1. The van der Waals surface area contributed by atoms with E-state index in [9.17, 15) is 0 Å². The molecule has 0 spiro atoms. The van der Waals surface area contributed by atoms with Crippen LogP contribution in [0.1, 0.15) is 65.2 Å². The highest BCUT2D eigenvalue weighted by Gasteiger charge is 2.34. The molecule has 2 heteroatoms. The maximum Gasteiger partial charge on any atom is 0.0576 e. The first-order valence-electron chi connectivity index (χ1n) is 9.31. The Morgan fingerprint density at radius 2 is 1.90 bits per heavy atom. The SMILES string of the molecule is C=CC[Si]1(CC(C)CC=NCCCCCC)CCCCC1. The lowest BCUT2D eigenvalue weighted by Crippen LogP contribution is -2.37. The fourth-order valence-electron chi connectivity index (χ4n) is 3.90. The Balaban J connectivity index is 2.25. The summed E-state index contributed by atoms with van der Waals surface area (Å²) in [4.78, 5) is 4.62. The molecule has 21 heavy (non-hydrogen) atoms. The molecule has 0 N–H and O–H groups in total. The van der Waals surface area contributed by atoms with Crippen LogP contribution in [0, 0.1) is 5.92 Å². The topological polar surface area (TPSA) is 12.4 Å². The van der Waals surface area contributed by atoms with Crippen molar-refractivity contribution in [2.75, 3.05) is 6.54 Å². The number of nitrogens with zero attached hydrogens (tertiary/aromatic N) is 1. The van der Waals surface area contributed by atoms with Gasteiger partial charge < -0.3 is 0 Å². The molecule has 1 nitrogen and oxygen atoms in total. The van der Waals surface area contributed by atoms with Crippen LogP contribution in [0.5, 0.6) is 0 Å². The molecular formula is C19H37NSi. The molecule has 122 valence electrons. The highest BCUT2D eigenvalue weighted by atomic mass is 28.3. The van der Waals surface area contributed by atoms with Crippen molar-refractivity contribution in [1.29, 1.82) is 0 Å². The Kier molecular flexibility index (Phi) is 9.99. The van der Waals surface area contributed by atoms with Crippen LogP contribution in [0.15, 0.2) is 17.6 Å². The molecule has 0 bridgehead atoms. The number of rotatable bonds is 11. The van der Waals surface area contributed by atoms with Crippen LogP contribution in [-0.2, 0) is 0 Å². The fraction of sp³-hybridized carbons (Fsp3) is 0.842. The summed E-state index contributed by atoms with van der Waals surface area (Å²) < 4.78 is 0. The average molecular weight is 308 g/mol. The number of unbranched alkanes of at least 4 members (excludes halogenated alkanes) is 3. The molecule has 0 aromatic heterocycles. The highest BCUT2D eigenvalue weighted by molar-refractivity contribution is 6.80. The van der Waals surface area contributed by atoms with E-state index < -0.39 is 8.07 Å². The van der Waals surface area contributed by atoms with Gasteiger partial charge in [0.2, 0.25) is 0 Å². The normalized spacial score (nSPS) is 19.7. The van der Waals surface area contributed by atoms with Crippen molar-refractivity contribution in [1.82, 2.24) is 0 Å². The van der Waals surface area contributed by atoms with E-state index in [0.29, 0.717) is 0 Å². The van der Waals surface area contributed by atoms with Crippen molar-refractivity contribution in [2.24, 2.45) is 10.9 Å². The Morgan fingerprint density at radius 1 is 1.14 bits per heavy atom. The third-order valence-electron chi connectivity index (χ3n) is 5.05. The lowest BCUT2D eigenvalue weighted by atomic mass is 10.1. The van der Waals surface area contributed by atoms with E-state index in [1.807, 2.05) is 0 Å². The Bertz CT molecular complexity index is 292. The lowest BCUT2D eigenvalue weighted by molar-refractivity contribution is 0.636. The number of allylic oxidation sites excluding steroid dienone is 1. The van der Waals surface area contributed by atoms with Crippen LogP contribution < -0.4 is 0 Å². The van der Waals surface area contributed by atoms with Crippen LogP contribution in [0.2, 0.25) is 24.2 Å². The van der Waals surface area contributed by atoms with Crippen molar-refractivity contribution in [3.63, 3.8) is 0 Å². The largest absolute Gasteiger partial charge is 0.298 e. The minimum Gasteiger partial charge on any atom is -0.298 e. The molecule has 1 aliphatic heterocycles. The molecular weight excluding hydrogens is 270 g/mol. The van der Waals surface area contributed by atoms with Gasteiger partial charge in [0.05, 0.1) is 8.07 Å². The van der Waals surface area contributed by atoms with E-state index in [4.69, 9.17) is 0 Å². The van der Waals surface area contributed by atoms with Crippen molar-refractivity contribution < 1.29 is 0 Å². The number of aliphatic imine (C=N–C) groups is 1. The Hall–Kier alpha value is -0.373. The highest BCUT2D eigenvalue weighted by Crippen LogP contribution is 2.37. The minimum absolute atomic E-state index is 0.828. The van der Waals surface area contributed by atoms with E-state index in [2.05, 4.69) is 37.7 Å². The van der Waals surface area contributed by atoms with Crippen LogP contribution in [0.25, 0.3) is 0 Å². The third kappa shape index (κ3) is 7.99. The molecule has 0 aromatic rings. The van der Waals surface area contributed by atoms with E-state index in [-0.39, 0.29) is 0 Å². The van der Waals surface area contributed by atoms with Gasteiger partial charge in [-0.3, -0.25) is 4.99 Å². The second-order valence-corrected chi connectivity index (χ2v) is 12.1. The zero-order valence-electron chi connectivity index (χ0n) is 14.6. The summed E-state index contributed by atoms with van der Waals surface area (Å²) in [6.07, 6.45) is 15.4. The summed E-state index contributed by atoms with van der Waals surface area (Å²) in [5.74, 6) is 0.828. The summed E-state index contributed by atoms with van der Waals surface area (Å²) in [5.41, 5.74) is 0. The van der Waals surface area contributed by atoms with Crippen molar-refractivity contribution >= 4 is 14.3 Å². The van der Waals surface area contributed by atoms with Gasteiger partial charge >= 0.3 is 0 Å². The van der Waals surface area contributed by atoms with Gasteiger partial charge in [0.25, 0.3) is 0 Å². The summed E-state index contributed by atoms with van der Waals surface area (Å²) in [5, 5.41) is 0. The molecule has 1 unspecified atom stereocenters. The van der Waals surface area contributed by atoms with E-state index in [1.54, 1.807) is 12.1 Å². The van der Waals surface area contributed by atoms with Crippen LogP contribution in [0.4, 0.5) is 0 Å². The van der Waals surface area contributed by atoms with Crippen molar-refractivity contribution in [3.8, 4) is 0 Å². The maximum absolute atomic E-state index is 4.62. The molecule has 0 aliphatic carbocycles. The van der Waals surface area contributed by atoms with Crippen molar-refractivity contribution in [3.05, 3.63) is 12.7 Å². The fourth-order valence-corrected chi connectivity index (χ4v) is 9.39. The van der Waals surface area contributed by atoms with Gasteiger partial charge in [-0.05, 0) is 31.0 Å². The summed E-state index contributed by atoms with van der Waals surface area (Å²) >= 11 is 0. The van der Waals surface area contributed by atoms with Gasteiger partial charge in [0, 0.05) is 6.54 Å². The second kappa shape index (κ2) is 11.2. The molecule has 1 aliphatic rings. The van der Waals surface area contributed by atoms with Crippen molar-refractivity contribution in [2.45, 2.75) is 89.4 Å². The molecule has 0 saturated carbocycles. The predicted octanol–water partition coefficient (Wildman–Crippen LogP) is 6.48. The van der Waals surface area contributed by atoms with Crippen LogP contribution in [-0.4, -0.2) is 20.8 Å². The minimum atomic E-state index is -1.01. The van der Waals surface area contributed by atoms with Crippen LogP contribution in [0.3, 0.4) is 0 Å². The van der Waals surface area contributed by atoms with E-state index in [1.165, 1.54) is 63.5 Å². The molecule has 0 aromatic carbocycles. The second-order valence-electron chi connectivity index (χ2n) is 7.25. The standard InChI is InChI=1S/C19H37NSi/c1-4-6-7-9-13-20-14-12-19(3)18-21(15-5-2)16-10-8-11-17-21/h5,14,19H,2,4,6-13,15-18H2,1,3H3. The Labute approximate surface area is 134 Å². The molecule has 0 radical (unpaired) electrons. The molecule has 1 rings (SSSR count). The first-order chi connectivity index (χ1) is 10.2. The maximum atomic E-state index is 4.62. The predicted molar refractivity (Wildman–Crippen MR) is 100 cm³/mol.